The van der Waals surface area contributed by atoms with Crippen LogP contribution in [-0.2, 0) is 19.3 Å². The standard InChI is InChI=1S/C19H41NO7S.Na/c1-2-3-4-5-6-7-8-9-10-11-16-26-18-19(27-28(23,24)25)17-20(12-14-21)13-15-22;/h19,21-22H,2-18H2,1H3,(H,23,24,25);/q;+1/p-1. The van der Waals surface area contributed by atoms with E-state index in [1.54, 1.807) is 4.90 Å². The Kier molecular flexibility index (Phi) is 24.1. The van der Waals surface area contributed by atoms with Crippen molar-refractivity contribution in [1.29, 1.82) is 0 Å². The van der Waals surface area contributed by atoms with E-state index in [4.69, 9.17) is 14.9 Å². The minimum atomic E-state index is -4.85. The molecular weight excluding hydrogens is 409 g/mol. The number of aliphatic hydroxyl groups excluding tert-OH is 2. The average molecular weight is 450 g/mol. The summed E-state index contributed by atoms with van der Waals surface area (Å²) in [6, 6.07) is 0. The largest absolute Gasteiger partial charge is 1.00 e. The van der Waals surface area contributed by atoms with Gasteiger partial charge in [0.15, 0.2) is 0 Å². The van der Waals surface area contributed by atoms with Crippen molar-refractivity contribution < 1.29 is 61.7 Å². The maximum absolute atomic E-state index is 10.9. The average Bonchev–Trinajstić information content (AvgIpc) is 2.61. The van der Waals surface area contributed by atoms with Crippen molar-refractivity contribution in [1.82, 2.24) is 4.90 Å². The quantitative estimate of drug-likeness (QED) is 0.0997. The van der Waals surface area contributed by atoms with E-state index in [0.717, 1.165) is 19.3 Å². The van der Waals surface area contributed by atoms with E-state index in [1.165, 1.54) is 44.9 Å². The van der Waals surface area contributed by atoms with Crippen molar-refractivity contribution in [2.75, 3.05) is 46.1 Å². The van der Waals surface area contributed by atoms with Crippen molar-refractivity contribution in [3.05, 3.63) is 0 Å². The minimum Gasteiger partial charge on any atom is -0.726 e. The van der Waals surface area contributed by atoms with E-state index in [0.29, 0.717) is 6.61 Å². The summed E-state index contributed by atoms with van der Waals surface area (Å²) in [5.41, 5.74) is 0. The first kappa shape index (κ1) is 31.9. The van der Waals surface area contributed by atoms with E-state index < -0.39 is 16.5 Å². The molecular formula is C19H40NNaO7S. The Morgan fingerprint density at radius 1 is 0.897 bits per heavy atom. The third-order valence-corrected chi connectivity index (χ3v) is 5.00. The summed E-state index contributed by atoms with van der Waals surface area (Å²) < 4.78 is 42.8. The van der Waals surface area contributed by atoms with E-state index in [2.05, 4.69) is 11.1 Å². The molecule has 0 heterocycles. The van der Waals surface area contributed by atoms with Gasteiger partial charge in [-0.25, -0.2) is 8.42 Å². The molecule has 2 N–H and O–H groups in total. The van der Waals surface area contributed by atoms with Crippen LogP contribution in [0.3, 0.4) is 0 Å². The summed E-state index contributed by atoms with van der Waals surface area (Å²) in [7, 11) is -4.85. The second kappa shape index (κ2) is 21.9. The monoisotopic (exact) mass is 449 g/mol. The summed E-state index contributed by atoms with van der Waals surface area (Å²) in [5, 5.41) is 18.0. The van der Waals surface area contributed by atoms with Gasteiger partial charge in [0.25, 0.3) is 0 Å². The van der Waals surface area contributed by atoms with E-state index in [1.807, 2.05) is 0 Å². The number of ether oxygens (including phenoxy) is 1. The zero-order valence-electron chi connectivity index (χ0n) is 18.4. The Balaban J connectivity index is 0. The van der Waals surface area contributed by atoms with Crippen LogP contribution in [0.2, 0.25) is 0 Å². The first-order valence-electron chi connectivity index (χ1n) is 10.6. The van der Waals surface area contributed by atoms with Gasteiger partial charge in [-0.05, 0) is 6.42 Å². The molecule has 0 aromatic heterocycles. The number of rotatable bonds is 21. The van der Waals surface area contributed by atoms with Crippen LogP contribution in [0.1, 0.15) is 71.1 Å². The van der Waals surface area contributed by atoms with Gasteiger partial charge in [-0.2, -0.15) is 0 Å². The van der Waals surface area contributed by atoms with Crippen molar-refractivity contribution >= 4 is 10.4 Å². The molecule has 1 atom stereocenters. The van der Waals surface area contributed by atoms with Crippen LogP contribution in [0.5, 0.6) is 0 Å². The first-order valence-corrected chi connectivity index (χ1v) is 11.9. The van der Waals surface area contributed by atoms with Crippen LogP contribution in [0, 0.1) is 0 Å². The Bertz CT molecular complexity index is 434. The number of unbranched alkanes of at least 4 members (excludes halogenated alkanes) is 9. The summed E-state index contributed by atoms with van der Waals surface area (Å²) in [6.07, 6.45) is 11.2. The predicted molar refractivity (Wildman–Crippen MR) is 108 cm³/mol. The Morgan fingerprint density at radius 2 is 1.38 bits per heavy atom. The van der Waals surface area contributed by atoms with E-state index in [-0.39, 0.29) is 69.0 Å². The molecule has 0 radical (unpaired) electrons. The molecule has 0 fully saturated rings. The van der Waals surface area contributed by atoms with Crippen molar-refractivity contribution in [3.8, 4) is 0 Å². The molecule has 0 bridgehead atoms. The van der Waals surface area contributed by atoms with Gasteiger partial charge in [-0.3, -0.25) is 9.08 Å². The van der Waals surface area contributed by atoms with Gasteiger partial charge in [-0.1, -0.05) is 64.7 Å². The van der Waals surface area contributed by atoms with Gasteiger partial charge in [0, 0.05) is 26.2 Å². The third-order valence-electron chi connectivity index (χ3n) is 4.49. The molecule has 8 nitrogen and oxygen atoms in total. The Labute approximate surface area is 199 Å². The topological polar surface area (TPSA) is 119 Å². The van der Waals surface area contributed by atoms with Gasteiger partial charge in [-0.15, -0.1) is 0 Å². The zero-order chi connectivity index (χ0) is 21.1. The van der Waals surface area contributed by atoms with Gasteiger partial charge >= 0.3 is 29.6 Å². The molecule has 0 aliphatic heterocycles. The van der Waals surface area contributed by atoms with Gasteiger partial charge in [0.2, 0.25) is 10.4 Å². The predicted octanol–water partition coefficient (Wildman–Crippen LogP) is -0.940. The maximum Gasteiger partial charge on any atom is 1.00 e. The molecule has 0 spiro atoms. The fraction of sp³-hybridized carbons (Fsp3) is 1.00. The SMILES string of the molecule is CCCCCCCCCCCCOCC(CN(CCO)CCO)OS(=O)(=O)[O-].[Na+]. The molecule has 170 valence electrons. The molecule has 29 heavy (non-hydrogen) atoms. The second-order valence-corrected chi connectivity index (χ2v) is 8.14. The second-order valence-electron chi connectivity index (χ2n) is 7.13. The number of aliphatic hydroxyl groups is 2. The van der Waals surface area contributed by atoms with Gasteiger partial charge in [0.05, 0.1) is 19.8 Å². The van der Waals surface area contributed by atoms with Crippen molar-refractivity contribution in [2.24, 2.45) is 0 Å². The molecule has 0 aliphatic carbocycles. The molecule has 0 aliphatic rings. The molecule has 0 aromatic carbocycles. The molecule has 10 heteroatoms. The normalized spacial score (nSPS) is 12.9. The summed E-state index contributed by atoms with van der Waals surface area (Å²) in [4.78, 5) is 1.62. The van der Waals surface area contributed by atoms with Crippen molar-refractivity contribution in [3.63, 3.8) is 0 Å². The van der Waals surface area contributed by atoms with Gasteiger partial charge in [0.1, 0.15) is 6.10 Å². The molecule has 0 rings (SSSR count). The molecule has 0 saturated carbocycles. The molecule has 0 amide bonds. The molecule has 1 unspecified atom stereocenters. The molecule has 0 saturated heterocycles. The molecule has 0 aromatic rings. The third kappa shape index (κ3) is 23.2. The van der Waals surface area contributed by atoms with Crippen molar-refractivity contribution in [2.45, 2.75) is 77.2 Å². The Morgan fingerprint density at radius 3 is 1.83 bits per heavy atom. The Hall–Kier alpha value is 0.710. The summed E-state index contributed by atoms with van der Waals surface area (Å²) in [6.45, 7) is 2.97. The summed E-state index contributed by atoms with van der Waals surface area (Å²) >= 11 is 0. The number of hydrogen-bond donors (Lipinski definition) is 2. The van der Waals surface area contributed by atoms with Gasteiger partial charge < -0.3 is 19.5 Å². The number of nitrogens with zero attached hydrogens (tertiary/aromatic N) is 1. The van der Waals surface area contributed by atoms with Crippen LogP contribution in [0.15, 0.2) is 0 Å². The first-order chi connectivity index (χ1) is 13.4. The van der Waals surface area contributed by atoms with E-state index >= 15 is 0 Å². The smallest absolute Gasteiger partial charge is 0.726 e. The minimum absolute atomic E-state index is 0. The van der Waals surface area contributed by atoms with Crippen LogP contribution in [-0.4, -0.2) is 80.2 Å². The van der Waals surface area contributed by atoms with Crippen LogP contribution < -0.4 is 29.6 Å². The number of hydrogen-bond acceptors (Lipinski definition) is 8. The maximum atomic E-state index is 10.9. The van der Waals surface area contributed by atoms with Crippen LogP contribution >= 0.6 is 0 Å². The van der Waals surface area contributed by atoms with Crippen LogP contribution in [0.4, 0.5) is 0 Å². The van der Waals surface area contributed by atoms with E-state index in [9.17, 15) is 13.0 Å². The fourth-order valence-corrected chi connectivity index (χ4v) is 3.50. The summed E-state index contributed by atoms with van der Waals surface area (Å²) in [5.74, 6) is 0. The van der Waals surface area contributed by atoms with Crippen LogP contribution in [0.25, 0.3) is 0 Å². The zero-order valence-corrected chi connectivity index (χ0v) is 21.2. The fourth-order valence-electron chi connectivity index (χ4n) is 3.05.